The molecule has 1 rings (SSSR count). The van der Waals surface area contributed by atoms with E-state index in [0.29, 0.717) is 6.54 Å². The Bertz CT molecular complexity index is 408. The van der Waals surface area contributed by atoms with E-state index in [9.17, 15) is 4.79 Å². The average Bonchev–Trinajstić information content (AvgIpc) is 2.52. The Balaban J connectivity index is 2.34. The maximum absolute atomic E-state index is 12.1. The second kappa shape index (κ2) is 9.53. The number of nitrogens with two attached hydrogens (primary N) is 1. The van der Waals surface area contributed by atoms with Gasteiger partial charge in [-0.3, -0.25) is 4.79 Å². The molecule has 2 atom stereocenters. The van der Waals surface area contributed by atoms with Crippen LogP contribution in [-0.4, -0.2) is 37.5 Å². The maximum atomic E-state index is 12.1. The summed E-state index contributed by atoms with van der Waals surface area (Å²) in [5.41, 5.74) is 7.17. The number of unbranched alkanes of at least 4 members (excludes halogenated alkanes) is 1. The van der Waals surface area contributed by atoms with E-state index in [-0.39, 0.29) is 17.9 Å². The third-order valence-electron chi connectivity index (χ3n) is 3.82. The summed E-state index contributed by atoms with van der Waals surface area (Å²) in [6.07, 6.45) is 2.39. The molecule has 0 heterocycles. The van der Waals surface area contributed by atoms with Crippen molar-refractivity contribution in [3.05, 3.63) is 35.9 Å². The third kappa shape index (κ3) is 6.27. The van der Waals surface area contributed by atoms with Gasteiger partial charge >= 0.3 is 0 Å². The lowest BCUT2D eigenvalue weighted by Gasteiger charge is -2.21. The van der Waals surface area contributed by atoms with E-state index in [4.69, 9.17) is 5.73 Å². The third-order valence-corrected chi connectivity index (χ3v) is 3.82. The van der Waals surface area contributed by atoms with Crippen molar-refractivity contribution in [1.82, 2.24) is 10.2 Å². The Kier molecular flexibility index (Phi) is 8.01. The first-order valence-electron chi connectivity index (χ1n) is 7.83. The molecule has 2 unspecified atom stereocenters. The van der Waals surface area contributed by atoms with Gasteiger partial charge in [0.05, 0.1) is 5.92 Å². The van der Waals surface area contributed by atoms with Gasteiger partial charge < -0.3 is 16.0 Å². The Hall–Kier alpha value is -1.39. The molecule has 21 heavy (non-hydrogen) atoms. The molecule has 0 bridgehead atoms. The van der Waals surface area contributed by atoms with Crippen LogP contribution in [0.5, 0.6) is 0 Å². The molecule has 0 saturated carbocycles. The minimum absolute atomic E-state index is 0.0234. The smallest absolute Gasteiger partial charge is 0.224 e. The van der Waals surface area contributed by atoms with E-state index in [1.807, 2.05) is 37.3 Å². The van der Waals surface area contributed by atoms with Crippen molar-refractivity contribution < 1.29 is 4.79 Å². The van der Waals surface area contributed by atoms with Crippen LogP contribution in [0.3, 0.4) is 0 Å². The minimum atomic E-state index is -0.260. The molecule has 0 aliphatic heterocycles. The Morgan fingerprint density at radius 2 is 1.95 bits per heavy atom. The predicted octanol–water partition coefficient (Wildman–Crippen LogP) is 2.17. The fraction of sp³-hybridized carbons (Fsp3) is 0.588. The summed E-state index contributed by atoms with van der Waals surface area (Å²) in [7, 11) is 2.08. The second-order valence-corrected chi connectivity index (χ2v) is 5.67. The van der Waals surface area contributed by atoms with Crippen molar-refractivity contribution in [1.29, 1.82) is 0 Å². The Labute approximate surface area is 128 Å². The second-order valence-electron chi connectivity index (χ2n) is 5.67. The molecular formula is C17H29N3O. The summed E-state index contributed by atoms with van der Waals surface area (Å²) in [6.45, 7) is 6.69. The highest BCUT2D eigenvalue weighted by Crippen LogP contribution is 2.18. The number of amides is 1. The number of carbonyl (C=O) groups excluding carboxylic acids is 1. The molecule has 0 radical (unpaired) electrons. The highest BCUT2D eigenvalue weighted by Gasteiger charge is 2.21. The average molecular weight is 291 g/mol. The summed E-state index contributed by atoms with van der Waals surface area (Å²) in [5, 5.41) is 2.98. The lowest BCUT2D eigenvalue weighted by molar-refractivity contribution is -0.125. The minimum Gasteiger partial charge on any atom is -0.355 e. The van der Waals surface area contributed by atoms with Crippen molar-refractivity contribution in [2.24, 2.45) is 11.7 Å². The fourth-order valence-corrected chi connectivity index (χ4v) is 2.20. The van der Waals surface area contributed by atoms with Crippen LogP contribution >= 0.6 is 0 Å². The molecule has 1 aromatic rings. The normalized spacial score (nSPS) is 14.0. The zero-order valence-corrected chi connectivity index (χ0v) is 13.5. The summed E-state index contributed by atoms with van der Waals surface area (Å²) in [4.78, 5) is 14.4. The van der Waals surface area contributed by atoms with Gasteiger partial charge in [-0.1, -0.05) is 50.6 Å². The number of rotatable bonds is 9. The van der Waals surface area contributed by atoms with Crippen molar-refractivity contribution >= 4 is 5.91 Å². The summed E-state index contributed by atoms with van der Waals surface area (Å²) in [5.74, 6) is -0.205. The summed E-state index contributed by atoms with van der Waals surface area (Å²) in [6, 6.07) is 9.52. The molecule has 1 aromatic carbocycles. The number of likely N-dealkylation sites (N-methyl/N-ethyl adjacent to an activating group) is 1. The first-order chi connectivity index (χ1) is 10.1. The van der Waals surface area contributed by atoms with E-state index < -0.39 is 0 Å². The monoisotopic (exact) mass is 291 g/mol. The van der Waals surface area contributed by atoms with Crippen LogP contribution in [0.2, 0.25) is 0 Å². The highest BCUT2D eigenvalue weighted by molar-refractivity contribution is 5.79. The Morgan fingerprint density at radius 3 is 2.57 bits per heavy atom. The zero-order valence-electron chi connectivity index (χ0n) is 13.5. The molecule has 0 fully saturated rings. The van der Waals surface area contributed by atoms with Crippen LogP contribution in [0.25, 0.3) is 0 Å². The molecule has 118 valence electrons. The quantitative estimate of drug-likeness (QED) is 0.733. The van der Waals surface area contributed by atoms with Gasteiger partial charge in [0.15, 0.2) is 0 Å². The first-order valence-corrected chi connectivity index (χ1v) is 7.83. The molecule has 0 spiro atoms. The lowest BCUT2D eigenvalue weighted by Crippen LogP contribution is -2.39. The zero-order chi connectivity index (χ0) is 15.7. The molecule has 0 aliphatic carbocycles. The molecule has 1 amide bonds. The number of hydrogen-bond acceptors (Lipinski definition) is 3. The van der Waals surface area contributed by atoms with E-state index in [0.717, 1.165) is 18.7 Å². The van der Waals surface area contributed by atoms with E-state index in [1.165, 1.54) is 12.8 Å². The van der Waals surface area contributed by atoms with Crippen LogP contribution < -0.4 is 11.1 Å². The van der Waals surface area contributed by atoms with Crippen LogP contribution in [0, 0.1) is 5.92 Å². The molecule has 0 aromatic heterocycles. The van der Waals surface area contributed by atoms with Crippen LogP contribution in [0.15, 0.2) is 30.3 Å². The van der Waals surface area contributed by atoms with Crippen LogP contribution in [0.4, 0.5) is 0 Å². The largest absolute Gasteiger partial charge is 0.355 e. The Morgan fingerprint density at radius 1 is 1.29 bits per heavy atom. The molecule has 0 saturated heterocycles. The summed E-state index contributed by atoms with van der Waals surface area (Å²) < 4.78 is 0. The molecule has 3 N–H and O–H groups in total. The number of nitrogens with one attached hydrogen (secondary N) is 1. The van der Waals surface area contributed by atoms with Gasteiger partial charge in [-0.25, -0.2) is 0 Å². The highest BCUT2D eigenvalue weighted by atomic mass is 16.1. The van der Waals surface area contributed by atoms with Gasteiger partial charge in [0.2, 0.25) is 5.91 Å². The molecule has 0 aliphatic rings. The number of hydrogen-bond donors (Lipinski definition) is 2. The lowest BCUT2D eigenvalue weighted by atomic mass is 9.95. The van der Waals surface area contributed by atoms with Gasteiger partial charge in [0, 0.05) is 19.1 Å². The fourth-order valence-electron chi connectivity index (χ4n) is 2.20. The topological polar surface area (TPSA) is 58.4 Å². The van der Waals surface area contributed by atoms with E-state index >= 15 is 0 Å². The van der Waals surface area contributed by atoms with Crippen molar-refractivity contribution in [2.45, 2.75) is 32.7 Å². The molecule has 4 nitrogen and oxygen atoms in total. The van der Waals surface area contributed by atoms with Crippen LogP contribution in [-0.2, 0) is 4.79 Å². The van der Waals surface area contributed by atoms with Crippen molar-refractivity contribution in [2.75, 3.05) is 26.7 Å². The van der Waals surface area contributed by atoms with Gasteiger partial charge in [-0.2, -0.15) is 0 Å². The van der Waals surface area contributed by atoms with Gasteiger partial charge in [0.25, 0.3) is 0 Å². The van der Waals surface area contributed by atoms with Crippen molar-refractivity contribution in [3.63, 3.8) is 0 Å². The van der Waals surface area contributed by atoms with Crippen LogP contribution in [0.1, 0.15) is 38.3 Å². The van der Waals surface area contributed by atoms with Crippen molar-refractivity contribution in [3.8, 4) is 0 Å². The predicted molar refractivity (Wildman–Crippen MR) is 87.9 cm³/mol. The molecule has 4 heteroatoms. The standard InChI is InChI=1S/C17H29N3O/c1-4-5-12-20(3)13-11-19-17(21)14(2)16(18)15-9-7-6-8-10-15/h6-10,14,16H,4-5,11-13,18H2,1-3H3,(H,19,21). The van der Waals surface area contributed by atoms with Gasteiger partial charge in [-0.15, -0.1) is 0 Å². The summed E-state index contributed by atoms with van der Waals surface area (Å²) >= 11 is 0. The van der Waals surface area contributed by atoms with Gasteiger partial charge in [-0.05, 0) is 25.6 Å². The first kappa shape index (κ1) is 17.7. The SMILES string of the molecule is CCCCN(C)CCNC(=O)C(C)C(N)c1ccccc1. The number of nitrogens with zero attached hydrogens (tertiary/aromatic N) is 1. The van der Waals surface area contributed by atoms with E-state index in [1.54, 1.807) is 0 Å². The molecular weight excluding hydrogens is 262 g/mol. The number of carbonyl (C=O) groups is 1. The van der Waals surface area contributed by atoms with Gasteiger partial charge in [0.1, 0.15) is 0 Å². The number of benzene rings is 1. The van der Waals surface area contributed by atoms with E-state index in [2.05, 4.69) is 24.2 Å². The maximum Gasteiger partial charge on any atom is 0.224 e.